The van der Waals surface area contributed by atoms with Crippen LogP contribution in [0.25, 0.3) is 28.7 Å². The summed E-state index contributed by atoms with van der Waals surface area (Å²) in [5.41, 5.74) is 3.35. The summed E-state index contributed by atoms with van der Waals surface area (Å²) in [5.74, 6) is 0.857. The van der Waals surface area contributed by atoms with Gasteiger partial charge in [0.25, 0.3) is 0 Å². The van der Waals surface area contributed by atoms with Crippen LogP contribution in [0.5, 0.6) is 5.88 Å². The number of nitrogens with zero attached hydrogens (tertiary/aromatic N) is 1. The number of aromatic nitrogens is 1. The Hall–Kier alpha value is -2.78. The molecule has 0 N–H and O–H groups in total. The topological polar surface area (TPSA) is 14.2 Å². The molecule has 118 valence electrons. The van der Waals surface area contributed by atoms with Crippen molar-refractivity contribution in [3.63, 3.8) is 0 Å². The van der Waals surface area contributed by atoms with E-state index in [1.54, 1.807) is 18.4 Å². The summed E-state index contributed by atoms with van der Waals surface area (Å²) >= 11 is 1.73. The zero-order valence-corrected chi connectivity index (χ0v) is 14.2. The fraction of sp³-hybridized carbons (Fsp3) is 0.0476. The molecule has 4 aromatic rings. The maximum atomic E-state index is 5.80. The van der Waals surface area contributed by atoms with Gasteiger partial charge in [0.15, 0.2) is 0 Å². The molecule has 0 aliphatic carbocycles. The van der Waals surface area contributed by atoms with E-state index < -0.39 is 0 Å². The Balaban J connectivity index is 1.97. The molecule has 0 saturated heterocycles. The van der Waals surface area contributed by atoms with Crippen LogP contribution in [0.15, 0.2) is 72.1 Å². The van der Waals surface area contributed by atoms with Crippen molar-refractivity contribution in [1.82, 2.24) is 4.57 Å². The molecule has 0 spiro atoms. The Morgan fingerprint density at radius 2 is 1.67 bits per heavy atom. The van der Waals surface area contributed by atoms with Crippen LogP contribution in [0.4, 0.5) is 0 Å². The third-order valence-corrected chi connectivity index (χ3v) is 4.87. The summed E-state index contributed by atoms with van der Waals surface area (Å²) in [6, 6.07) is 22.9. The summed E-state index contributed by atoms with van der Waals surface area (Å²) in [6.45, 7) is 0. The molecule has 2 aromatic heterocycles. The minimum atomic E-state index is 0.857. The first kappa shape index (κ1) is 14.8. The number of hydrogen-bond acceptors (Lipinski definition) is 2. The molecule has 0 amide bonds. The van der Waals surface area contributed by atoms with E-state index in [1.165, 1.54) is 10.3 Å². The molecule has 0 aliphatic rings. The third-order valence-electron chi connectivity index (χ3n) is 4.03. The van der Waals surface area contributed by atoms with Gasteiger partial charge in [-0.2, -0.15) is 0 Å². The Kier molecular flexibility index (Phi) is 3.93. The summed E-state index contributed by atoms with van der Waals surface area (Å²) in [4.78, 5) is 1.23. The van der Waals surface area contributed by atoms with Crippen LogP contribution in [-0.4, -0.2) is 11.7 Å². The quantitative estimate of drug-likeness (QED) is 0.456. The van der Waals surface area contributed by atoms with Gasteiger partial charge in [0, 0.05) is 21.5 Å². The third kappa shape index (κ3) is 2.53. The van der Waals surface area contributed by atoms with E-state index in [0.717, 1.165) is 22.6 Å². The average Bonchev–Trinajstić information content (AvgIpc) is 3.26. The largest absolute Gasteiger partial charge is 0.481 e. The Morgan fingerprint density at radius 1 is 0.875 bits per heavy atom. The van der Waals surface area contributed by atoms with Crippen LogP contribution in [0.1, 0.15) is 10.4 Å². The van der Waals surface area contributed by atoms with Crippen molar-refractivity contribution in [3.8, 4) is 11.6 Å². The summed E-state index contributed by atoms with van der Waals surface area (Å²) in [5, 5.41) is 3.27. The number of ether oxygens (including phenoxy) is 1. The van der Waals surface area contributed by atoms with Crippen molar-refractivity contribution in [2.75, 3.05) is 7.11 Å². The number of rotatable bonds is 4. The highest BCUT2D eigenvalue weighted by Crippen LogP contribution is 2.36. The SMILES string of the molecule is COc1c(/C=C/c2cccs2)c2ccccc2n1-c1ccccc1. The second kappa shape index (κ2) is 6.38. The lowest BCUT2D eigenvalue weighted by Gasteiger charge is -2.10. The summed E-state index contributed by atoms with van der Waals surface area (Å²) in [7, 11) is 1.73. The highest BCUT2D eigenvalue weighted by Gasteiger charge is 2.16. The number of para-hydroxylation sites is 2. The molecule has 4 rings (SSSR count). The number of hydrogen-bond donors (Lipinski definition) is 0. The molecule has 0 atom stereocenters. The highest BCUT2D eigenvalue weighted by atomic mass is 32.1. The molecule has 0 aliphatic heterocycles. The van der Waals surface area contributed by atoms with Crippen molar-refractivity contribution in [3.05, 3.63) is 82.6 Å². The lowest BCUT2D eigenvalue weighted by molar-refractivity contribution is 0.391. The molecule has 0 fully saturated rings. The Morgan fingerprint density at radius 3 is 2.42 bits per heavy atom. The molecule has 2 nitrogen and oxygen atoms in total. The van der Waals surface area contributed by atoms with Gasteiger partial charge in [0.1, 0.15) is 0 Å². The summed E-state index contributed by atoms with van der Waals surface area (Å²) in [6.07, 6.45) is 4.29. The molecule has 2 heterocycles. The first-order valence-electron chi connectivity index (χ1n) is 7.83. The zero-order valence-electron chi connectivity index (χ0n) is 13.3. The second-order valence-corrected chi connectivity index (χ2v) is 6.44. The van der Waals surface area contributed by atoms with Crippen LogP contribution >= 0.6 is 11.3 Å². The van der Waals surface area contributed by atoms with Gasteiger partial charge in [-0.05, 0) is 41.8 Å². The molecule has 0 radical (unpaired) electrons. The minimum absolute atomic E-state index is 0.857. The highest BCUT2D eigenvalue weighted by molar-refractivity contribution is 7.10. The van der Waals surface area contributed by atoms with Crippen LogP contribution in [-0.2, 0) is 0 Å². The smallest absolute Gasteiger partial charge is 0.206 e. The van der Waals surface area contributed by atoms with Crippen molar-refractivity contribution in [2.45, 2.75) is 0 Å². The minimum Gasteiger partial charge on any atom is -0.481 e. The second-order valence-electron chi connectivity index (χ2n) is 5.46. The first-order valence-corrected chi connectivity index (χ1v) is 8.71. The normalized spacial score (nSPS) is 11.4. The first-order chi connectivity index (χ1) is 11.9. The van der Waals surface area contributed by atoms with E-state index in [4.69, 9.17) is 4.74 Å². The van der Waals surface area contributed by atoms with Gasteiger partial charge in [-0.3, -0.25) is 4.57 Å². The molecule has 2 aromatic carbocycles. The predicted octanol–water partition coefficient (Wildman–Crippen LogP) is 5.87. The number of fused-ring (bicyclic) bond motifs is 1. The van der Waals surface area contributed by atoms with E-state index in [1.807, 2.05) is 18.2 Å². The average molecular weight is 331 g/mol. The van der Waals surface area contributed by atoms with Gasteiger partial charge >= 0.3 is 0 Å². The van der Waals surface area contributed by atoms with Gasteiger partial charge in [-0.25, -0.2) is 0 Å². The monoisotopic (exact) mass is 331 g/mol. The van der Waals surface area contributed by atoms with Crippen LogP contribution in [0.2, 0.25) is 0 Å². The maximum absolute atomic E-state index is 5.80. The van der Waals surface area contributed by atoms with E-state index in [-0.39, 0.29) is 0 Å². The van der Waals surface area contributed by atoms with Crippen molar-refractivity contribution < 1.29 is 4.74 Å². The number of methoxy groups -OCH3 is 1. The lowest BCUT2D eigenvalue weighted by Crippen LogP contribution is -1.97. The number of benzene rings is 2. The van der Waals surface area contributed by atoms with E-state index in [0.29, 0.717) is 0 Å². The Bertz CT molecular complexity index is 982. The maximum Gasteiger partial charge on any atom is 0.206 e. The molecular weight excluding hydrogens is 314 g/mol. The fourth-order valence-electron chi connectivity index (χ4n) is 2.99. The van der Waals surface area contributed by atoms with Crippen molar-refractivity contribution >= 4 is 34.4 Å². The van der Waals surface area contributed by atoms with Gasteiger partial charge in [-0.15, -0.1) is 11.3 Å². The zero-order chi connectivity index (χ0) is 16.4. The molecule has 24 heavy (non-hydrogen) atoms. The van der Waals surface area contributed by atoms with E-state index >= 15 is 0 Å². The molecule has 0 bridgehead atoms. The molecular formula is C21H17NOS. The molecule has 3 heteroatoms. The van der Waals surface area contributed by atoms with E-state index in [2.05, 4.69) is 70.6 Å². The Labute approximate surface area is 145 Å². The van der Waals surface area contributed by atoms with E-state index in [9.17, 15) is 0 Å². The van der Waals surface area contributed by atoms with Gasteiger partial charge in [-0.1, -0.05) is 42.5 Å². The van der Waals surface area contributed by atoms with Crippen LogP contribution in [0.3, 0.4) is 0 Å². The molecule has 0 unspecified atom stereocenters. The number of thiophene rings is 1. The van der Waals surface area contributed by atoms with Gasteiger partial charge in [0.2, 0.25) is 5.88 Å². The van der Waals surface area contributed by atoms with Crippen molar-refractivity contribution in [2.24, 2.45) is 0 Å². The van der Waals surface area contributed by atoms with Gasteiger partial charge in [0.05, 0.1) is 12.6 Å². The molecule has 0 saturated carbocycles. The van der Waals surface area contributed by atoms with Crippen molar-refractivity contribution in [1.29, 1.82) is 0 Å². The fourth-order valence-corrected chi connectivity index (χ4v) is 3.61. The van der Waals surface area contributed by atoms with Crippen LogP contribution in [0, 0.1) is 0 Å². The summed E-state index contributed by atoms with van der Waals surface area (Å²) < 4.78 is 7.97. The lowest BCUT2D eigenvalue weighted by atomic mass is 10.1. The van der Waals surface area contributed by atoms with Gasteiger partial charge < -0.3 is 4.74 Å². The predicted molar refractivity (Wildman–Crippen MR) is 103 cm³/mol. The van der Waals surface area contributed by atoms with Crippen LogP contribution < -0.4 is 4.74 Å². The standard InChI is InChI=1S/C21H17NOS/c1-23-21-19(14-13-17-10-7-15-24-17)18-11-5-6-12-20(18)22(21)16-8-3-2-4-9-16/h2-15H,1H3/b14-13+.